The van der Waals surface area contributed by atoms with Crippen LogP contribution in [0.15, 0.2) is 0 Å². The van der Waals surface area contributed by atoms with Gasteiger partial charge in [-0.25, -0.2) is 0 Å². The number of likely N-dealkylation sites (N-methyl/N-ethyl adjacent to an activating group) is 1. The topological polar surface area (TPSA) is 49.6 Å². The van der Waals surface area contributed by atoms with E-state index in [1.807, 2.05) is 18.9 Å². The highest BCUT2D eigenvalue weighted by Gasteiger charge is 2.26. The van der Waals surface area contributed by atoms with Crippen molar-refractivity contribution < 1.29 is 4.79 Å². The molecule has 2 N–H and O–H groups in total. The fourth-order valence-electron chi connectivity index (χ4n) is 1.89. The molecule has 1 heterocycles. The summed E-state index contributed by atoms with van der Waals surface area (Å²) in [5.41, 5.74) is 5.47. The van der Waals surface area contributed by atoms with Gasteiger partial charge in [0, 0.05) is 26.7 Å². The molecule has 4 heteroatoms. The van der Waals surface area contributed by atoms with Crippen molar-refractivity contribution in [2.75, 3.05) is 33.2 Å². The normalized spacial score (nSPS) is 25.2. The smallest absolute Gasteiger partial charge is 0.239 e. The summed E-state index contributed by atoms with van der Waals surface area (Å²) in [4.78, 5) is 15.8. The van der Waals surface area contributed by atoms with Crippen molar-refractivity contribution in [2.45, 2.75) is 25.8 Å². The molecule has 0 aromatic rings. The maximum Gasteiger partial charge on any atom is 0.239 e. The number of hydrogen-bond donors (Lipinski definition) is 1. The molecule has 1 aliphatic rings. The van der Waals surface area contributed by atoms with Crippen LogP contribution in [0, 0.1) is 0 Å². The molecule has 0 bridgehead atoms. The van der Waals surface area contributed by atoms with Crippen LogP contribution in [0.2, 0.25) is 0 Å². The summed E-state index contributed by atoms with van der Waals surface area (Å²) in [7, 11) is 1.88. The Morgan fingerprint density at radius 3 is 2.86 bits per heavy atom. The molecule has 1 rings (SSSR count). The average molecular weight is 199 g/mol. The monoisotopic (exact) mass is 199 g/mol. The van der Waals surface area contributed by atoms with Gasteiger partial charge in [0.2, 0.25) is 5.91 Å². The minimum Gasteiger partial charge on any atom is -0.344 e. The molecule has 0 aromatic carbocycles. The third-order valence-electron chi connectivity index (χ3n) is 2.87. The Balaban J connectivity index is 2.53. The summed E-state index contributed by atoms with van der Waals surface area (Å²) >= 11 is 0. The standard InChI is InChI=1S/C10H21N3O/c1-9-10(14)12(2)6-4-8-13(9)7-3-5-11/h9H,3-8,11H2,1-2H3. The molecule has 1 fully saturated rings. The van der Waals surface area contributed by atoms with Crippen LogP contribution in [0.5, 0.6) is 0 Å². The molecule has 0 aliphatic carbocycles. The number of carbonyl (C=O) groups is 1. The number of hydrogen-bond acceptors (Lipinski definition) is 3. The first-order valence-corrected chi connectivity index (χ1v) is 5.36. The number of amides is 1. The first-order chi connectivity index (χ1) is 6.66. The Hall–Kier alpha value is -0.610. The van der Waals surface area contributed by atoms with Crippen molar-refractivity contribution in [3.05, 3.63) is 0 Å². The molecule has 1 unspecified atom stereocenters. The van der Waals surface area contributed by atoms with E-state index >= 15 is 0 Å². The van der Waals surface area contributed by atoms with Gasteiger partial charge in [-0.1, -0.05) is 0 Å². The molecule has 82 valence electrons. The first-order valence-electron chi connectivity index (χ1n) is 5.36. The van der Waals surface area contributed by atoms with E-state index in [0.29, 0.717) is 6.54 Å². The molecule has 1 atom stereocenters. The van der Waals surface area contributed by atoms with Gasteiger partial charge in [-0.15, -0.1) is 0 Å². The first kappa shape index (κ1) is 11.5. The largest absolute Gasteiger partial charge is 0.344 e. The van der Waals surface area contributed by atoms with Gasteiger partial charge in [-0.2, -0.15) is 0 Å². The van der Waals surface area contributed by atoms with Crippen LogP contribution in [0.3, 0.4) is 0 Å². The predicted molar refractivity (Wildman–Crippen MR) is 57.0 cm³/mol. The van der Waals surface area contributed by atoms with Crippen LogP contribution in [0.1, 0.15) is 19.8 Å². The summed E-state index contributed by atoms with van der Waals surface area (Å²) in [5.74, 6) is 0.236. The summed E-state index contributed by atoms with van der Waals surface area (Å²) in [6.07, 6.45) is 2.04. The lowest BCUT2D eigenvalue weighted by Gasteiger charge is -2.26. The lowest BCUT2D eigenvalue weighted by atomic mass is 10.2. The Morgan fingerprint density at radius 2 is 2.21 bits per heavy atom. The molecular weight excluding hydrogens is 178 g/mol. The summed E-state index contributed by atoms with van der Waals surface area (Å²) < 4.78 is 0. The van der Waals surface area contributed by atoms with Crippen molar-refractivity contribution in [1.29, 1.82) is 0 Å². The number of nitrogens with zero attached hydrogens (tertiary/aromatic N) is 2. The highest BCUT2D eigenvalue weighted by molar-refractivity contribution is 5.81. The Kier molecular flexibility index (Phi) is 4.35. The minimum atomic E-state index is 0.0223. The van der Waals surface area contributed by atoms with Gasteiger partial charge >= 0.3 is 0 Å². The zero-order valence-electron chi connectivity index (χ0n) is 9.20. The number of nitrogens with two attached hydrogens (primary N) is 1. The second-order valence-corrected chi connectivity index (χ2v) is 3.97. The van der Waals surface area contributed by atoms with Crippen molar-refractivity contribution in [3.8, 4) is 0 Å². The third-order valence-corrected chi connectivity index (χ3v) is 2.87. The summed E-state index contributed by atoms with van der Waals surface area (Å²) in [6, 6.07) is 0.0223. The van der Waals surface area contributed by atoms with E-state index in [1.54, 1.807) is 0 Å². The Bertz CT molecular complexity index is 194. The molecule has 0 aromatic heterocycles. The van der Waals surface area contributed by atoms with Crippen LogP contribution in [-0.4, -0.2) is 55.0 Å². The minimum absolute atomic E-state index is 0.0223. The lowest BCUT2D eigenvalue weighted by Crippen LogP contribution is -2.43. The van der Waals surface area contributed by atoms with Gasteiger partial charge in [-0.05, 0) is 26.3 Å². The fraction of sp³-hybridized carbons (Fsp3) is 0.900. The van der Waals surface area contributed by atoms with E-state index in [0.717, 1.165) is 32.5 Å². The van der Waals surface area contributed by atoms with Crippen LogP contribution in [0.25, 0.3) is 0 Å². The predicted octanol–water partition coefficient (Wildman–Crippen LogP) is -0.112. The van der Waals surface area contributed by atoms with E-state index in [9.17, 15) is 4.79 Å². The van der Waals surface area contributed by atoms with E-state index in [4.69, 9.17) is 5.73 Å². The summed E-state index contributed by atoms with van der Waals surface area (Å²) in [5, 5.41) is 0. The highest BCUT2D eigenvalue weighted by Crippen LogP contribution is 2.09. The van der Waals surface area contributed by atoms with Gasteiger partial charge in [0.05, 0.1) is 6.04 Å². The van der Waals surface area contributed by atoms with Gasteiger partial charge in [0.15, 0.2) is 0 Å². The van der Waals surface area contributed by atoms with Crippen LogP contribution in [0.4, 0.5) is 0 Å². The van der Waals surface area contributed by atoms with E-state index in [2.05, 4.69) is 4.90 Å². The fourth-order valence-corrected chi connectivity index (χ4v) is 1.89. The quantitative estimate of drug-likeness (QED) is 0.690. The lowest BCUT2D eigenvalue weighted by molar-refractivity contribution is -0.133. The second-order valence-electron chi connectivity index (χ2n) is 3.97. The van der Waals surface area contributed by atoms with Gasteiger partial charge < -0.3 is 10.6 Å². The van der Waals surface area contributed by atoms with Gasteiger partial charge in [0.25, 0.3) is 0 Å². The van der Waals surface area contributed by atoms with Crippen molar-refractivity contribution in [2.24, 2.45) is 5.73 Å². The number of rotatable bonds is 3. The molecule has 4 nitrogen and oxygen atoms in total. The highest BCUT2D eigenvalue weighted by atomic mass is 16.2. The Labute approximate surface area is 86.0 Å². The van der Waals surface area contributed by atoms with Crippen LogP contribution >= 0.6 is 0 Å². The molecule has 0 saturated carbocycles. The van der Waals surface area contributed by atoms with Crippen LogP contribution in [-0.2, 0) is 4.79 Å². The Morgan fingerprint density at radius 1 is 1.50 bits per heavy atom. The van der Waals surface area contributed by atoms with Crippen molar-refractivity contribution in [1.82, 2.24) is 9.80 Å². The molecule has 1 saturated heterocycles. The SMILES string of the molecule is CC1C(=O)N(C)CCCN1CCCN. The van der Waals surface area contributed by atoms with Gasteiger partial charge in [0.1, 0.15) is 0 Å². The zero-order valence-corrected chi connectivity index (χ0v) is 9.20. The maximum atomic E-state index is 11.8. The molecule has 1 amide bonds. The van der Waals surface area contributed by atoms with E-state index in [1.165, 1.54) is 0 Å². The average Bonchev–Trinajstić information content (AvgIpc) is 2.30. The summed E-state index contributed by atoms with van der Waals surface area (Å²) in [6.45, 7) is 5.52. The molecule has 14 heavy (non-hydrogen) atoms. The van der Waals surface area contributed by atoms with E-state index < -0.39 is 0 Å². The van der Waals surface area contributed by atoms with E-state index in [-0.39, 0.29) is 11.9 Å². The number of carbonyl (C=O) groups excluding carboxylic acids is 1. The van der Waals surface area contributed by atoms with Crippen LogP contribution < -0.4 is 5.73 Å². The maximum absolute atomic E-state index is 11.8. The molecule has 1 aliphatic heterocycles. The van der Waals surface area contributed by atoms with Crippen molar-refractivity contribution in [3.63, 3.8) is 0 Å². The molecular formula is C10H21N3O. The zero-order chi connectivity index (χ0) is 10.6. The van der Waals surface area contributed by atoms with Crippen molar-refractivity contribution >= 4 is 5.91 Å². The second kappa shape index (κ2) is 5.32. The molecule has 0 spiro atoms. The van der Waals surface area contributed by atoms with Gasteiger partial charge in [-0.3, -0.25) is 9.69 Å². The third kappa shape index (κ3) is 2.69. The molecule has 0 radical (unpaired) electrons.